The number of H-pyrrole nitrogens is 1. The molecular weight excluding hydrogens is 216 g/mol. The minimum Gasteiger partial charge on any atom is -0.340 e. The number of hydrogen-bond donors (Lipinski definition) is 2. The molecule has 0 spiro atoms. The number of carbonyl (C=O) groups is 1. The average molecular weight is 236 g/mol. The van der Waals surface area contributed by atoms with Gasteiger partial charge in [0.15, 0.2) is 0 Å². The largest absolute Gasteiger partial charge is 0.340 e. The molecule has 5 heteroatoms. The van der Waals surface area contributed by atoms with Crippen LogP contribution in [0.4, 0.5) is 0 Å². The fourth-order valence-electron chi connectivity index (χ4n) is 2.27. The van der Waals surface area contributed by atoms with Crippen molar-refractivity contribution in [1.82, 2.24) is 20.4 Å². The van der Waals surface area contributed by atoms with E-state index in [-0.39, 0.29) is 5.91 Å². The predicted octanol–water partition coefficient (Wildman–Crippen LogP) is 0.790. The van der Waals surface area contributed by atoms with Gasteiger partial charge in [0.25, 0.3) is 5.91 Å². The molecule has 0 saturated carbocycles. The third kappa shape index (κ3) is 3.06. The minimum atomic E-state index is -0.0000709. The Bertz CT molecular complexity index is 382. The number of aryl methyl sites for hydroxylation is 1. The van der Waals surface area contributed by atoms with Crippen molar-refractivity contribution < 1.29 is 4.79 Å². The quantitative estimate of drug-likeness (QED) is 0.815. The van der Waals surface area contributed by atoms with E-state index in [1.165, 1.54) is 12.8 Å². The number of nitrogens with zero attached hydrogens (tertiary/aromatic N) is 2. The van der Waals surface area contributed by atoms with Crippen LogP contribution >= 0.6 is 0 Å². The van der Waals surface area contributed by atoms with Crippen LogP contribution in [0.3, 0.4) is 0 Å². The number of nitrogens with one attached hydrogen (secondary N) is 2. The molecule has 1 aromatic heterocycles. The Balaban J connectivity index is 1.90. The van der Waals surface area contributed by atoms with E-state index in [1.54, 1.807) is 11.0 Å². The summed E-state index contributed by atoms with van der Waals surface area (Å²) in [7, 11) is 1.85. The lowest BCUT2D eigenvalue weighted by Crippen LogP contribution is -2.39. The molecule has 1 fully saturated rings. The Morgan fingerprint density at radius 1 is 1.65 bits per heavy atom. The van der Waals surface area contributed by atoms with Gasteiger partial charge in [-0.05, 0) is 44.8 Å². The second-order valence-corrected chi connectivity index (χ2v) is 4.83. The van der Waals surface area contributed by atoms with Crippen LogP contribution in [0.15, 0.2) is 6.07 Å². The molecule has 0 aliphatic carbocycles. The van der Waals surface area contributed by atoms with Crippen molar-refractivity contribution >= 4 is 5.91 Å². The number of hydrogen-bond acceptors (Lipinski definition) is 3. The van der Waals surface area contributed by atoms with Gasteiger partial charge < -0.3 is 10.2 Å². The first-order valence-corrected chi connectivity index (χ1v) is 6.15. The monoisotopic (exact) mass is 236 g/mol. The highest BCUT2D eigenvalue weighted by molar-refractivity contribution is 5.92. The highest BCUT2D eigenvalue weighted by atomic mass is 16.2. The maximum Gasteiger partial charge on any atom is 0.274 e. The van der Waals surface area contributed by atoms with Gasteiger partial charge in [-0.15, -0.1) is 0 Å². The van der Waals surface area contributed by atoms with E-state index >= 15 is 0 Å². The maximum absolute atomic E-state index is 12.1. The first kappa shape index (κ1) is 12.1. The van der Waals surface area contributed by atoms with Gasteiger partial charge in [0, 0.05) is 19.3 Å². The summed E-state index contributed by atoms with van der Waals surface area (Å²) in [5.74, 6) is 0.567. The summed E-state index contributed by atoms with van der Waals surface area (Å²) in [5, 5.41) is 10.2. The number of carbonyl (C=O) groups excluding carboxylic acids is 1. The van der Waals surface area contributed by atoms with Crippen LogP contribution in [0.2, 0.25) is 0 Å². The van der Waals surface area contributed by atoms with Gasteiger partial charge in [-0.3, -0.25) is 9.89 Å². The smallest absolute Gasteiger partial charge is 0.274 e. The van der Waals surface area contributed by atoms with Crippen LogP contribution in [0.5, 0.6) is 0 Å². The zero-order valence-corrected chi connectivity index (χ0v) is 10.5. The highest BCUT2D eigenvalue weighted by Gasteiger charge is 2.20. The standard InChI is InChI=1S/C12H20N4O/c1-9-6-11(15-14-9)12(17)16(2)8-10-4-3-5-13-7-10/h6,10,13H,3-5,7-8H2,1-2H3,(H,14,15). The van der Waals surface area contributed by atoms with Crippen LogP contribution in [0, 0.1) is 12.8 Å². The van der Waals surface area contributed by atoms with E-state index in [4.69, 9.17) is 0 Å². The lowest BCUT2D eigenvalue weighted by atomic mass is 9.99. The van der Waals surface area contributed by atoms with Gasteiger partial charge in [-0.1, -0.05) is 0 Å². The fraction of sp³-hybridized carbons (Fsp3) is 0.667. The summed E-state index contributed by atoms with van der Waals surface area (Å²) in [6, 6.07) is 1.79. The molecule has 2 rings (SSSR count). The van der Waals surface area contributed by atoms with Gasteiger partial charge in [-0.25, -0.2) is 0 Å². The van der Waals surface area contributed by atoms with Crippen molar-refractivity contribution in [3.63, 3.8) is 0 Å². The normalized spacial score (nSPS) is 20.2. The molecule has 0 radical (unpaired) electrons. The Kier molecular flexibility index (Phi) is 3.78. The van der Waals surface area contributed by atoms with E-state index in [1.807, 2.05) is 14.0 Å². The van der Waals surface area contributed by atoms with Crippen LogP contribution in [-0.2, 0) is 0 Å². The molecule has 1 saturated heterocycles. The van der Waals surface area contributed by atoms with Crippen molar-refractivity contribution in [3.05, 3.63) is 17.5 Å². The van der Waals surface area contributed by atoms with E-state index < -0.39 is 0 Å². The first-order chi connectivity index (χ1) is 8.16. The van der Waals surface area contributed by atoms with Crippen LogP contribution in [0.25, 0.3) is 0 Å². The minimum absolute atomic E-state index is 0.0000709. The number of amides is 1. The summed E-state index contributed by atoms with van der Waals surface area (Å²) in [4.78, 5) is 13.8. The van der Waals surface area contributed by atoms with Crippen LogP contribution in [0.1, 0.15) is 29.0 Å². The topological polar surface area (TPSA) is 61.0 Å². The number of aromatic amines is 1. The third-order valence-corrected chi connectivity index (χ3v) is 3.20. The summed E-state index contributed by atoms with van der Waals surface area (Å²) in [6.07, 6.45) is 2.40. The Labute approximate surface area is 102 Å². The number of piperidine rings is 1. The van der Waals surface area contributed by atoms with Gasteiger partial charge in [-0.2, -0.15) is 5.10 Å². The second-order valence-electron chi connectivity index (χ2n) is 4.83. The molecule has 0 bridgehead atoms. The molecule has 2 heterocycles. The first-order valence-electron chi connectivity index (χ1n) is 6.15. The van der Waals surface area contributed by atoms with Crippen molar-refractivity contribution in [2.45, 2.75) is 19.8 Å². The maximum atomic E-state index is 12.1. The van der Waals surface area contributed by atoms with Crippen molar-refractivity contribution in [3.8, 4) is 0 Å². The average Bonchev–Trinajstić information content (AvgIpc) is 2.76. The van der Waals surface area contributed by atoms with Gasteiger partial charge in [0.2, 0.25) is 0 Å². The molecule has 94 valence electrons. The molecule has 1 aromatic rings. The lowest BCUT2D eigenvalue weighted by Gasteiger charge is -2.27. The van der Waals surface area contributed by atoms with Crippen LogP contribution in [-0.4, -0.2) is 47.7 Å². The predicted molar refractivity (Wildman–Crippen MR) is 65.9 cm³/mol. The molecule has 5 nitrogen and oxygen atoms in total. The Morgan fingerprint density at radius 2 is 2.47 bits per heavy atom. The van der Waals surface area contributed by atoms with E-state index in [0.29, 0.717) is 11.6 Å². The van der Waals surface area contributed by atoms with Gasteiger partial charge in [0.05, 0.1) is 0 Å². The van der Waals surface area contributed by atoms with Crippen molar-refractivity contribution in [1.29, 1.82) is 0 Å². The van der Waals surface area contributed by atoms with Crippen LogP contribution < -0.4 is 5.32 Å². The lowest BCUT2D eigenvalue weighted by molar-refractivity contribution is 0.0759. The second kappa shape index (κ2) is 5.31. The molecule has 17 heavy (non-hydrogen) atoms. The van der Waals surface area contributed by atoms with Gasteiger partial charge >= 0.3 is 0 Å². The van der Waals surface area contributed by atoms with Crippen molar-refractivity contribution in [2.24, 2.45) is 5.92 Å². The van der Waals surface area contributed by atoms with Crippen molar-refractivity contribution in [2.75, 3.05) is 26.7 Å². The van der Waals surface area contributed by atoms with Gasteiger partial charge in [0.1, 0.15) is 5.69 Å². The highest BCUT2D eigenvalue weighted by Crippen LogP contribution is 2.12. The molecule has 1 amide bonds. The Hall–Kier alpha value is -1.36. The van der Waals surface area contributed by atoms with E-state index in [0.717, 1.165) is 25.3 Å². The zero-order valence-electron chi connectivity index (χ0n) is 10.5. The number of rotatable bonds is 3. The summed E-state index contributed by atoms with van der Waals surface area (Å²) < 4.78 is 0. The molecule has 1 atom stereocenters. The zero-order chi connectivity index (χ0) is 12.3. The third-order valence-electron chi connectivity index (χ3n) is 3.20. The molecule has 2 N–H and O–H groups in total. The summed E-state index contributed by atoms with van der Waals surface area (Å²) in [6.45, 7) is 4.82. The fourth-order valence-corrected chi connectivity index (χ4v) is 2.27. The SMILES string of the molecule is Cc1cc(C(=O)N(C)CC2CCCNC2)n[nH]1. The summed E-state index contributed by atoms with van der Waals surface area (Å²) in [5.41, 5.74) is 1.43. The van der Waals surface area contributed by atoms with E-state index in [9.17, 15) is 4.79 Å². The molecule has 1 aliphatic rings. The van der Waals surface area contributed by atoms with E-state index in [2.05, 4.69) is 15.5 Å². The molecule has 1 unspecified atom stereocenters. The molecule has 0 aromatic carbocycles. The number of aromatic nitrogens is 2. The molecule has 1 aliphatic heterocycles. The molecular formula is C12H20N4O. The summed E-state index contributed by atoms with van der Waals surface area (Å²) >= 11 is 0. The Morgan fingerprint density at radius 3 is 3.06 bits per heavy atom.